The Morgan fingerprint density at radius 3 is 2.22 bits per heavy atom. The van der Waals surface area contributed by atoms with Crippen molar-refractivity contribution >= 4 is 12.3 Å². The molecule has 0 fully saturated rings. The van der Waals surface area contributed by atoms with Crippen LogP contribution in [0.4, 0.5) is 4.39 Å². The zero-order valence-corrected chi connectivity index (χ0v) is 21.1. The molecule has 0 saturated heterocycles. The predicted molar refractivity (Wildman–Crippen MR) is 141 cm³/mol. The van der Waals surface area contributed by atoms with Gasteiger partial charge in [0.15, 0.2) is 0 Å². The molecule has 3 aromatic rings. The third-order valence-corrected chi connectivity index (χ3v) is 5.12. The van der Waals surface area contributed by atoms with Crippen molar-refractivity contribution in [2.75, 3.05) is 26.2 Å². The van der Waals surface area contributed by atoms with Crippen molar-refractivity contribution in [2.45, 2.75) is 33.4 Å². The van der Waals surface area contributed by atoms with Gasteiger partial charge in [-0.05, 0) is 48.7 Å². The Morgan fingerprint density at radius 1 is 0.944 bits per heavy atom. The molecule has 3 aromatic carbocycles. The lowest BCUT2D eigenvalue weighted by Gasteiger charge is -2.17. The van der Waals surface area contributed by atoms with Crippen LogP contribution in [0.3, 0.4) is 0 Å². The van der Waals surface area contributed by atoms with Crippen molar-refractivity contribution in [1.82, 2.24) is 15.5 Å². The van der Waals surface area contributed by atoms with Crippen LogP contribution in [0.2, 0.25) is 0 Å². The maximum absolute atomic E-state index is 13.1. The second-order valence-electron chi connectivity index (χ2n) is 8.39. The molecule has 0 aliphatic rings. The van der Waals surface area contributed by atoms with E-state index in [4.69, 9.17) is 4.74 Å². The molecule has 2 N–H and O–H groups in total. The van der Waals surface area contributed by atoms with E-state index in [9.17, 15) is 14.0 Å². The first-order chi connectivity index (χ1) is 17.5. The highest BCUT2D eigenvalue weighted by Crippen LogP contribution is 2.17. The Kier molecular flexibility index (Phi) is 13.3. The summed E-state index contributed by atoms with van der Waals surface area (Å²) in [5.74, 6) is 0.310. The number of benzene rings is 3. The number of halogens is 1. The Hall–Kier alpha value is -3.71. The molecule has 7 heteroatoms. The number of hydrogen-bond donors (Lipinski definition) is 2. The average Bonchev–Trinajstić information content (AvgIpc) is 2.87. The van der Waals surface area contributed by atoms with E-state index >= 15 is 0 Å². The minimum absolute atomic E-state index is 0.00000821. The summed E-state index contributed by atoms with van der Waals surface area (Å²) >= 11 is 0. The van der Waals surface area contributed by atoms with E-state index in [0.29, 0.717) is 32.0 Å². The van der Waals surface area contributed by atoms with Gasteiger partial charge in [-0.15, -0.1) is 0 Å². The van der Waals surface area contributed by atoms with E-state index in [-0.39, 0.29) is 11.7 Å². The minimum atomic E-state index is -0.261. The third-order valence-electron chi connectivity index (χ3n) is 5.12. The van der Waals surface area contributed by atoms with Crippen LogP contribution in [0, 0.1) is 12.7 Å². The van der Waals surface area contributed by atoms with Gasteiger partial charge in [-0.1, -0.05) is 60.7 Å². The molecule has 192 valence electrons. The van der Waals surface area contributed by atoms with Gasteiger partial charge in [0.25, 0.3) is 0 Å². The normalized spacial score (nSPS) is 10.1. The van der Waals surface area contributed by atoms with Crippen LogP contribution in [-0.4, -0.2) is 43.4 Å². The molecule has 36 heavy (non-hydrogen) atoms. The molecule has 0 heterocycles. The van der Waals surface area contributed by atoms with Crippen LogP contribution in [-0.2, 0) is 22.7 Å². The van der Waals surface area contributed by atoms with E-state index < -0.39 is 0 Å². The van der Waals surface area contributed by atoms with Crippen molar-refractivity contribution < 1.29 is 18.7 Å². The summed E-state index contributed by atoms with van der Waals surface area (Å²) in [5.41, 5.74) is 3.07. The first kappa shape index (κ1) is 28.5. The molecule has 0 aliphatic heterocycles. The summed E-state index contributed by atoms with van der Waals surface area (Å²) in [4.78, 5) is 23.4. The van der Waals surface area contributed by atoms with Gasteiger partial charge in [0.1, 0.15) is 18.2 Å². The molecular formula is C29H36FN3O3. The summed E-state index contributed by atoms with van der Waals surface area (Å²) in [6, 6.07) is 24.5. The van der Waals surface area contributed by atoms with Crippen LogP contribution in [0.1, 0.15) is 30.0 Å². The predicted octanol–water partition coefficient (Wildman–Crippen LogP) is 4.47. The zero-order valence-electron chi connectivity index (χ0n) is 21.1. The van der Waals surface area contributed by atoms with Crippen molar-refractivity contribution in [3.8, 4) is 5.75 Å². The number of rotatable bonds is 13. The van der Waals surface area contributed by atoms with Crippen LogP contribution in [0.15, 0.2) is 78.9 Å². The minimum Gasteiger partial charge on any atom is -0.489 e. The van der Waals surface area contributed by atoms with Crippen LogP contribution in [0.5, 0.6) is 5.75 Å². The van der Waals surface area contributed by atoms with Crippen LogP contribution < -0.4 is 15.4 Å². The lowest BCUT2D eigenvalue weighted by atomic mass is 10.2. The van der Waals surface area contributed by atoms with Gasteiger partial charge >= 0.3 is 0 Å². The van der Waals surface area contributed by atoms with Crippen molar-refractivity contribution in [3.05, 3.63) is 101 Å². The maximum Gasteiger partial charge on any atom is 0.216 e. The van der Waals surface area contributed by atoms with E-state index in [1.54, 1.807) is 4.90 Å². The van der Waals surface area contributed by atoms with Gasteiger partial charge in [0.05, 0.1) is 0 Å². The molecular weight excluding hydrogens is 457 g/mol. The standard InChI is InChI=1S/C15H23N3O2.C14H13FO/c1-14(20)17-9-5-8-16-10-11-18(13-19)12-15-6-3-2-4-7-15;1-11-7-13(15)9-14(8-11)16-10-12-5-3-2-4-6-12/h2-4,6-7,13,16H,5,8-12H2,1H3,(H,17,20);2-9H,10H2,1H3. The summed E-state index contributed by atoms with van der Waals surface area (Å²) in [7, 11) is 0. The topological polar surface area (TPSA) is 70.7 Å². The number of hydrogen-bond acceptors (Lipinski definition) is 4. The summed E-state index contributed by atoms with van der Waals surface area (Å²) in [5, 5.41) is 6.00. The van der Waals surface area contributed by atoms with E-state index in [1.165, 1.54) is 19.1 Å². The molecule has 0 aromatic heterocycles. The average molecular weight is 494 g/mol. The number of ether oxygens (including phenoxy) is 1. The fraction of sp³-hybridized carbons (Fsp3) is 0.310. The van der Waals surface area contributed by atoms with Crippen LogP contribution >= 0.6 is 0 Å². The fourth-order valence-corrected chi connectivity index (χ4v) is 3.34. The lowest BCUT2D eigenvalue weighted by Crippen LogP contribution is -2.32. The van der Waals surface area contributed by atoms with E-state index in [2.05, 4.69) is 10.6 Å². The molecule has 0 saturated carbocycles. The van der Waals surface area contributed by atoms with Gasteiger partial charge < -0.3 is 20.3 Å². The quantitative estimate of drug-likeness (QED) is 0.272. The Balaban J connectivity index is 0.000000259. The molecule has 0 aliphatic carbocycles. The van der Waals surface area contributed by atoms with Crippen LogP contribution in [0.25, 0.3) is 0 Å². The van der Waals surface area contributed by atoms with Gasteiger partial charge in [-0.25, -0.2) is 4.39 Å². The smallest absolute Gasteiger partial charge is 0.216 e. The van der Waals surface area contributed by atoms with Crippen molar-refractivity contribution in [3.63, 3.8) is 0 Å². The number of nitrogens with one attached hydrogen (secondary N) is 2. The Morgan fingerprint density at radius 2 is 1.61 bits per heavy atom. The largest absolute Gasteiger partial charge is 0.489 e. The first-order valence-corrected chi connectivity index (χ1v) is 12.1. The van der Waals surface area contributed by atoms with Gasteiger partial charge in [-0.2, -0.15) is 0 Å². The SMILES string of the molecule is CC(=O)NCCCNCCN(C=O)Cc1ccccc1.Cc1cc(F)cc(OCc2ccccc2)c1. The monoisotopic (exact) mass is 493 g/mol. The molecule has 6 nitrogen and oxygen atoms in total. The second kappa shape index (κ2) is 16.8. The van der Waals surface area contributed by atoms with Gasteiger partial charge in [-0.3, -0.25) is 9.59 Å². The zero-order chi connectivity index (χ0) is 26.0. The Bertz CT molecular complexity index is 1010. The Labute approximate surface area is 213 Å². The molecule has 0 spiro atoms. The number of amides is 2. The molecule has 0 radical (unpaired) electrons. The molecule has 0 atom stereocenters. The number of carbonyl (C=O) groups excluding carboxylic acids is 2. The van der Waals surface area contributed by atoms with Crippen molar-refractivity contribution in [2.24, 2.45) is 0 Å². The van der Waals surface area contributed by atoms with E-state index in [1.807, 2.05) is 73.7 Å². The van der Waals surface area contributed by atoms with Gasteiger partial charge in [0.2, 0.25) is 12.3 Å². The highest BCUT2D eigenvalue weighted by molar-refractivity contribution is 5.72. The highest BCUT2D eigenvalue weighted by Gasteiger charge is 2.02. The molecule has 3 rings (SSSR count). The third kappa shape index (κ3) is 12.7. The highest BCUT2D eigenvalue weighted by atomic mass is 19.1. The number of aryl methyl sites for hydroxylation is 1. The molecule has 0 bridgehead atoms. The summed E-state index contributed by atoms with van der Waals surface area (Å²) in [6.07, 6.45) is 1.77. The second-order valence-corrected chi connectivity index (χ2v) is 8.39. The fourth-order valence-electron chi connectivity index (χ4n) is 3.34. The van der Waals surface area contributed by atoms with Gasteiger partial charge in [0, 0.05) is 39.2 Å². The molecule has 2 amide bonds. The summed E-state index contributed by atoms with van der Waals surface area (Å²) < 4.78 is 18.6. The molecule has 0 unspecified atom stereocenters. The van der Waals surface area contributed by atoms with Crippen molar-refractivity contribution in [1.29, 1.82) is 0 Å². The number of nitrogens with zero attached hydrogens (tertiary/aromatic N) is 1. The maximum atomic E-state index is 13.1. The first-order valence-electron chi connectivity index (χ1n) is 12.1. The lowest BCUT2D eigenvalue weighted by molar-refractivity contribution is -0.119. The number of carbonyl (C=O) groups is 2. The summed E-state index contributed by atoms with van der Waals surface area (Å²) in [6.45, 7) is 7.41. The van der Waals surface area contributed by atoms with E-state index in [0.717, 1.165) is 42.6 Å².